The molecule has 0 unspecified atom stereocenters. The predicted octanol–water partition coefficient (Wildman–Crippen LogP) is 4.27. The van der Waals surface area contributed by atoms with Crippen LogP contribution in [0, 0.1) is 12.8 Å². The lowest BCUT2D eigenvalue weighted by Crippen LogP contribution is -2.32. The molecule has 6 nitrogen and oxygen atoms in total. The van der Waals surface area contributed by atoms with E-state index in [0.717, 1.165) is 24.7 Å². The summed E-state index contributed by atoms with van der Waals surface area (Å²) in [6.45, 7) is 8.74. The van der Waals surface area contributed by atoms with Crippen molar-refractivity contribution in [3.05, 3.63) is 51.4 Å². The Morgan fingerprint density at radius 3 is 2.59 bits per heavy atom. The second-order valence-electron chi connectivity index (χ2n) is 7.74. The maximum atomic E-state index is 12.8. The Bertz CT molecular complexity index is 1090. The lowest BCUT2D eigenvalue weighted by Gasteiger charge is -2.32. The number of thiophene rings is 1. The molecule has 0 aliphatic carbocycles. The normalized spacial score (nSPS) is 15.1. The van der Waals surface area contributed by atoms with Crippen molar-refractivity contribution in [2.75, 3.05) is 23.3 Å². The van der Waals surface area contributed by atoms with Gasteiger partial charge in [-0.3, -0.25) is 14.2 Å². The van der Waals surface area contributed by atoms with E-state index in [0.29, 0.717) is 27.2 Å². The molecule has 1 amide bonds. The molecule has 1 N–H and O–H groups in total. The molecule has 3 aromatic rings. The number of aromatic nitrogens is 2. The van der Waals surface area contributed by atoms with E-state index in [1.54, 1.807) is 10.9 Å². The lowest BCUT2D eigenvalue weighted by molar-refractivity contribution is 0.103. The van der Waals surface area contributed by atoms with Crippen LogP contribution in [-0.4, -0.2) is 28.5 Å². The number of benzene rings is 1. The van der Waals surface area contributed by atoms with Gasteiger partial charge in [-0.1, -0.05) is 6.92 Å². The molecule has 2 aromatic heterocycles. The summed E-state index contributed by atoms with van der Waals surface area (Å²) in [6, 6.07) is 8.00. The van der Waals surface area contributed by atoms with Crippen molar-refractivity contribution in [3.8, 4) is 0 Å². The Hall–Kier alpha value is -2.67. The van der Waals surface area contributed by atoms with Gasteiger partial charge in [-0.2, -0.15) is 0 Å². The summed E-state index contributed by atoms with van der Waals surface area (Å²) in [4.78, 5) is 33.3. The van der Waals surface area contributed by atoms with E-state index in [9.17, 15) is 9.59 Å². The molecule has 7 heteroatoms. The van der Waals surface area contributed by atoms with Gasteiger partial charge in [0.1, 0.15) is 4.83 Å². The first-order chi connectivity index (χ1) is 14.0. The minimum atomic E-state index is -0.201. The Labute approximate surface area is 174 Å². The number of nitrogens with zero attached hydrogens (tertiary/aromatic N) is 3. The number of anilines is 2. The van der Waals surface area contributed by atoms with Crippen molar-refractivity contribution < 1.29 is 4.79 Å². The average molecular weight is 411 g/mol. The lowest BCUT2D eigenvalue weighted by atomic mass is 9.99. The molecule has 1 aliphatic rings. The summed E-state index contributed by atoms with van der Waals surface area (Å²) >= 11 is 1.27. The highest BCUT2D eigenvalue weighted by atomic mass is 32.1. The minimum Gasteiger partial charge on any atom is -0.372 e. The van der Waals surface area contributed by atoms with Crippen molar-refractivity contribution in [2.45, 2.75) is 40.2 Å². The summed E-state index contributed by atoms with van der Waals surface area (Å²) in [5.41, 5.74) is 2.55. The van der Waals surface area contributed by atoms with Gasteiger partial charge in [0.15, 0.2) is 0 Å². The fraction of sp³-hybridized carbons (Fsp3) is 0.409. The molecule has 0 spiro atoms. The van der Waals surface area contributed by atoms with Crippen molar-refractivity contribution in [2.24, 2.45) is 5.92 Å². The second-order valence-corrected chi connectivity index (χ2v) is 8.74. The molecule has 1 aliphatic heterocycles. The van der Waals surface area contributed by atoms with Crippen LogP contribution in [0.3, 0.4) is 0 Å². The Kier molecular flexibility index (Phi) is 5.41. The second kappa shape index (κ2) is 7.99. The molecule has 0 atom stereocenters. The van der Waals surface area contributed by atoms with Crippen LogP contribution in [0.25, 0.3) is 10.2 Å². The molecule has 1 saturated heterocycles. The number of fused-ring (bicyclic) bond motifs is 1. The highest BCUT2D eigenvalue weighted by Crippen LogP contribution is 2.28. The number of rotatable bonds is 4. The third-order valence-corrected chi connectivity index (χ3v) is 6.94. The van der Waals surface area contributed by atoms with Gasteiger partial charge in [0, 0.05) is 31.0 Å². The SMILES string of the molecule is CCn1cnc2sc(C(=O)Nc3ccc(N4CCC(C)CC4)cc3)c(C)c2c1=O. The maximum Gasteiger partial charge on any atom is 0.266 e. The van der Waals surface area contributed by atoms with Gasteiger partial charge in [-0.15, -0.1) is 11.3 Å². The molecular weight excluding hydrogens is 384 g/mol. The minimum absolute atomic E-state index is 0.0921. The molecule has 4 rings (SSSR count). The molecule has 29 heavy (non-hydrogen) atoms. The molecule has 1 aromatic carbocycles. The van der Waals surface area contributed by atoms with Crippen molar-refractivity contribution in [1.82, 2.24) is 9.55 Å². The van der Waals surface area contributed by atoms with Gasteiger partial charge >= 0.3 is 0 Å². The monoisotopic (exact) mass is 410 g/mol. The van der Waals surface area contributed by atoms with Crippen LogP contribution in [-0.2, 0) is 6.54 Å². The quantitative estimate of drug-likeness (QED) is 0.697. The smallest absolute Gasteiger partial charge is 0.266 e. The van der Waals surface area contributed by atoms with Crippen LogP contribution in [0.4, 0.5) is 11.4 Å². The van der Waals surface area contributed by atoms with E-state index in [2.05, 4.69) is 34.3 Å². The number of carbonyl (C=O) groups excluding carboxylic acids is 1. The van der Waals surface area contributed by atoms with Gasteiger partial charge in [0.2, 0.25) is 0 Å². The largest absolute Gasteiger partial charge is 0.372 e. The summed E-state index contributed by atoms with van der Waals surface area (Å²) in [6.07, 6.45) is 3.98. The van der Waals surface area contributed by atoms with Gasteiger partial charge in [0.25, 0.3) is 11.5 Å². The zero-order chi connectivity index (χ0) is 20.5. The van der Waals surface area contributed by atoms with Crippen LogP contribution in [0.2, 0.25) is 0 Å². The number of nitrogens with one attached hydrogen (secondary N) is 1. The van der Waals surface area contributed by atoms with Crippen LogP contribution in [0.1, 0.15) is 41.9 Å². The Morgan fingerprint density at radius 1 is 1.24 bits per heavy atom. The fourth-order valence-corrected chi connectivity index (χ4v) is 4.85. The summed E-state index contributed by atoms with van der Waals surface area (Å²) in [7, 11) is 0. The van der Waals surface area contributed by atoms with E-state index < -0.39 is 0 Å². The van der Waals surface area contributed by atoms with Crippen molar-refractivity contribution >= 4 is 38.8 Å². The standard InChI is InChI=1S/C22H26N4O2S/c1-4-25-13-23-21-18(22(25)28)15(3)19(29-21)20(27)24-16-5-7-17(8-6-16)26-11-9-14(2)10-12-26/h5-8,13-14H,4,9-12H2,1-3H3,(H,24,27). The van der Waals surface area contributed by atoms with Crippen LogP contribution < -0.4 is 15.8 Å². The average Bonchev–Trinajstić information content (AvgIpc) is 3.07. The van der Waals surface area contributed by atoms with E-state index in [1.165, 1.54) is 29.9 Å². The predicted molar refractivity (Wildman–Crippen MR) is 119 cm³/mol. The van der Waals surface area contributed by atoms with Crippen LogP contribution in [0.5, 0.6) is 0 Å². The van der Waals surface area contributed by atoms with Crippen molar-refractivity contribution in [1.29, 1.82) is 0 Å². The molecule has 1 fully saturated rings. The van der Waals surface area contributed by atoms with Crippen LogP contribution in [0.15, 0.2) is 35.4 Å². The third-order valence-electron chi connectivity index (χ3n) is 5.74. The number of aryl methyl sites for hydroxylation is 2. The Balaban J connectivity index is 1.53. The molecule has 0 radical (unpaired) electrons. The molecule has 0 saturated carbocycles. The van der Waals surface area contributed by atoms with E-state index in [4.69, 9.17) is 0 Å². The maximum absolute atomic E-state index is 12.8. The van der Waals surface area contributed by atoms with Crippen molar-refractivity contribution in [3.63, 3.8) is 0 Å². The van der Waals surface area contributed by atoms with Gasteiger partial charge in [0.05, 0.1) is 16.6 Å². The summed E-state index contributed by atoms with van der Waals surface area (Å²) < 4.78 is 1.56. The molecule has 3 heterocycles. The zero-order valence-corrected chi connectivity index (χ0v) is 17.9. The number of piperidine rings is 1. The Morgan fingerprint density at radius 2 is 1.93 bits per heavy atom. The summed E-state index contributed by atoms with van der Waals surface area (Å²) in [5.74, 6) is 0.595. The number of carbonyl (C=O) groups is 1. The fourth-order valence-electron chi connectivity index (χ4n) is 3.81. The zero-order valence-electron chi connectivity index (χ0n) is 17.1. The number of hydrogen-bond acceptors (Lipinski definition) is 5. The molecule has 152 valence electrons. The molecule has 0 bridgehead atoms. The van der Waals surface area contributed by atoms with E-state index in [1.807, 2.05) is 26.0 Å². The third kappa shape index (κ3) is 3.79. The van der Waals surface area contributed by atoms with Gasteiger partial charge in [-0.25, -0.2) is 4.98 Å². The summed E-state index contributed by atoms with van der Waals surface area (Å²) in [5, 5.41) is 3.50. The van der Waals surface area contributed by atoms with Gasteiger partial charge < -0.3 is 10.2 Å². The topological polar surface area (TPSA) is 67.2 Å². The first-order valence-electron chi connectivity index (χ1n) is 10.1. The molecular formula is C22H26N4O2S. The van der Waals surface area contributed by atoms with Crippen LogP contribution >= 0.6 is 11.3 Å². The highest BCUT2D eigenvalue weighted by molar-refractivity contribution is 7.20. The number of hydrogen-bond donors (Lipinski definition) is 1. The first-order valence-corrected chi connectivity index (χ1v) is 10.9. The van der Waals surface area contributed by atoms with E-state index in [-0.39, 0.29) is 11.5 Å². The first kappa shape index (κ1) is 19.6. The van der Waals surface area contributed by atoms with E-state index >= 15 is 0 Å². The number of amides is 1. The highest BCUT2D eigenvalue weighted by Gasteiger charge is 2.20. The van der Waals surface area contributed by atoms with Gasteiger partial charge in [-0.05, 0) is 62.4 Å².